The number of halogens is 16. The molecule has 0 unspecified atom stereocenters. The van der Waals surface area contributed by atoms with Crippen LogP contribution in [0.5, 0.6) is 0 Å². The highest BCUT2D eigenvalue weighted by atomic mass is 32.1. The van der Waals surface area contributed by atoms with Crippen LogP contribution in [0.3, 0.4) is 0 Å². The highest BCUT2D eigenvalue weighted by molar-refractivity contribution is 7.80. The Morgan fingerprint density at radius 3 is 1.10 bits per heavy atom. The summed E-state index contributed by atoms with van der Waals surface area (Å²) in [7, 11) is 0. The summed E-state index contributed by atoms with van der Waals surface area (Å²) in [6.07, 6.45) is 0. The zero-order valence-corrected chi connectivity index (χ0v) is 15.1. The van der Waals surface area contributed by atoms with Crippen LogP contribution in [0.1, 0.15) is 0 Å². The zero-order valence-electron chi connectivity index (χ0n) is 14.2. The van der Waals surface area contributed by atoms with E-state index in [9.17, 15) is 70.2 Å². The van der Waals surface area contributed by atoms with Crippen LogP contribution >= 0.6 is 12.6 Å². The highest BCUT2D eigenvalue weighted by Gasteiger charge is 2.94. The average Bonchev–Trinajstić information content (AvgIpc) is 2.60. The smallest absolute Gasteiger partial charge is 0.385 e. The summed E-state index contributed by atoms with van der Waals surface area (Å²) in [5.74, 6) is -62.6. The maximum absolute atomic E-state index is 13.4. The lowest BCUT2D eigenvalue weighted by atomic mass is 9.88. The van der Waals surface area contributed by atoms with Gasteiger partial charge < -0.3 is 9.84 Å². The minimum atomic E-state index is -8.49. The summed E-state index contributed by atoms with van der Waals surface area (Å²) in [5.41, 5.74) is 0. The maximum atomic E-state index is 13.4. The molecule has 0 saturated carbocycles. The normalized spacial score (nSPS) is 16.1. The summed E-state index contributed by atoms with van der Waals surface area (Å²) in [6, 6.07) is 0. The Labute approximate surface area is 166 Å². The topological polar surface area (TPSA) is 29.5 Å². The van der Waals surface area contributed by atoms with Crippen LogP contribution in [0, 0.1) is 0 Å². The first-order chi connectivity index (χ1) is 13.4. The van der Waals surface area contributed by atoms with E-state index in [2.05, 4.69) is 17.4 Å². The number of ether oxygens (including phenoxy) is 1. The van der Waals surface area contributed by atoms with Crippen molar-refractivity contribution in [1.29, 1.82) is 0 Å². The molecule has 0 radical (unpaired) electrons. The SMILES string of the molecule is OCC(F)(F)C(F)(F)C(F)(F)C(F)(F)C(F)(F)C(F)(F)C(F)(F)C(F)(F)COCCS. The second-order valence-electron chi connectivity index (χ2n) is 5.79. The Hall–Kier alpha value is -0.850. The average molecular weight is 522 g/mol. The molecule has 0 rings (SSSR count). The number of aliphatic hydroxyl groups excluding tert-OH is 1. The van der Waals surface area contributed by atoms with E-state index in [1.807, 2.05) is 0 Å². The molecule has 0 heterocycles. The molecule has 0 atom stereocenters. The van der Waals surface area contributed by atoms with Crippen molar-refractivity contribution in [3.8, 4) is 0 Å². The van der Waals surface area contributed by atoms with Gasteiger partial charge in [0.2, 0.25) is 0 Å². The summed E-state index contributed by atoms with van der Waals surface area (Å²) in [4.78, 5) is 0. The lowest BCUT2D eigenvalue weighted by Gasteiger charge is -2.43. The van der Waals surface area contributed by atoms with Gasteiger partial charge in [-0.2, -0.15) is 82.9 Å². The van der Waals surface area contributed by atoms with Crippen LogP contribution in [0.15, 0.2) is 0 Å². The van der Waals surface area contributed by atoms with E-state index in [-0.39, 0.29) is 0 Å². The van der Waals surface area contributed by atoms with Gasteiger partial charge in [-0.15, -0.1) is 0 Å². The minimum absolute atomic E-state index is 0.535. The van der Waals surface area contributed by atoms with Gasteiger partial charge in [-0.3, -0.25) is 0 Å². The molecule has 0 saturated heterocycles. The van der Waals surface area contributed by atoms with Crippen molar-refractivity contribution in [3.05, 3.63) is 0 Å². The van der Waals surface area contributed by atoms with Crippen LogP contribution in [0.25, 0.3) is 0 Å². The number of rotatable bonds is 12. The van der Waals surface area contributed by atoms with E-state index in [0.717, 1.165) is 0 Å². The number of aliphatic hydroxyl groups is 1. The summed E-state index contributed by atoms with van der Waals surface area (Å²) >= 11 is 3.30. The molecule has 0 aromatic rings. The van der Waals surface area contributed by atoms with E-state index >= 15 is 0 Å². The molecule has 0 aromatic carbocycles. The molecule has 188 valence electrons. The van der Waals surface area contributed by atoms with Gasteiger partial charge in [0.05, 0.1) is 6.61 Å². The fourth-order valence-corrected chi connectivity index (χ4v) is 1.83. The van der Waals surface area contributed by atoms with Crippen LogP contribution in [0.2, 0.25) is 0 Å². The molecule has 0 spiro atoms. The van der Waals surface area contributed by atoms with Crippen molar-refractivity contribution in [3.63, 3.8) is 0 Å². The molecular weight excluding hydrogens is 512 g/mol. The summed E-state index contributed by atoms with van der Waals surface area (Å²) < 4.78 is 215. The quantitative estimate of drug-likeness (QED) is 0.215. The Morgan fingerprint density at radius 1 is 0.516 bits per heavy atom. The van der Waals surface area contributed by atoms with Gasteiger partial charge in [0.15, 0.2) is 0 Å². The third-order valence-corrected chi connectivity index (χ3v) is 3.79. The van der Waals surface area contributed by atoms with E-state index in [0.29, 0.717) is 0 Å². The fourth-order valence-electron chi connectivity index (χ4n) is 1.70. The first-order valence-electron chi connectivity index (χ1n) is 7.19. The minimum Gasteiger partial charge on any atom is -0.390 e. The van der Waals surface area contributed by atoms with Gasteiger partial charge in [-0.25, -0.2) is 0 Å². The lowest BCUT2D eigenvalue weighted by molar-refractivity contribution is -0.455. The largest absolute Gasteiger partial charge is 0.390 e. The lowest BCUT2D eigenvalue weighted by Crippen LogP contribution is -2.75. The summed E-state index contributed by atoms with van der Waals surface area (Å²) in [5, 5.41) is 7.88. The first-order valence-corrected chi connectivity index (χ1v) is 7.82. The van der Waals surface area contributed by atoms with Crippen molar-refractivity contribution in [2.75, 3.05) is 25.6 Å². The van der Waals surface area contributed by atoms with Crippen LogP contribution in [0.4, 0.5) is 70.2 Å². The second-order valence-corrected chi connectivity index (χ2v) is 6.24. The molecule has 0 bridgehead atoms. The maximum Gasteiger partial charge on any atom is 0.385 e. The van der Waals surface area contributed by atoms with E-state index < -0.39 is 73.0 Å². The van der Waals surface area contributed by atoms with Crippen molar-refractivity contribution in [2.24, 2.45) is 0 Å². The van der Waals surface area contributed by atoms with Crippen molar-refractivity contribution < 1.29 is 80.1 Å². The molecule has 0 aliphatic rings. The molecule has 0 aromatic heterocycles. The van der Waals surface area contributed by atoms with Gasteiger partial charge in [-0.05, 0) is 0 Å². The molecule has 0 aliphatic heterocycles. The van der Waals surface area contributed by atoms with Crippen LogP contribution < -0.4 is 0 Å². The van der Waals surface area contributed by atoms with Gasteiger partial charge in [0.1, 0.15) is 13.2 Å². The Morgan fingerprint density at radius 2 is 0.806 bits per heavy atom. The Balaban J connectivity index is 6.54. The van der Waals surface area contributed by atoms with Crippen molar-refractivity contribution in [1.82, 2.24) is 0 Å². The standard InChI is InChI=1S/C12H10F16O2S/c13-5(14,3-29)7(17,18)9(21,22)11(25,26)12(27,28)10(23,24)8(19,20)6(15,16)4-30-1-2-31/h29,31H,1-4H2. The second kappa shape index (κ2) is 8.49. The molecular formula is C12H10F16O2S. The Bertz CT molecular complexity index is 620. The van der Waals surface area contributed by atoms with Crippen molar-refractivity contribution in [2.45, 2.75) is 47.4 Å². The van der Waals surface area contributed by atoms with Gasteiger partial charge in [-0.1, -0.05) is 0 Å². The predicted octanol–water partition coefficient (Wildman–Crippen LogP) is 5.01. The van der Waals surface area contributed by atoms with Crippen LogP contribution in [-0.4, -0.2) is 78.1 Å². The number of hydrogen-bond donors (Lipinski definition) is 2. The monoisotopic (exact) mass is 522 g/mol. The number of alkyl halides is 16. The molecule has 31 heavy (non-hydrogen) atoms. The van der Waals surface area contributed by atoms with Crippen molar-refractivity contribution >= 4 is 12.6 Å². The summed E-state index contributed by atoms with van der Waals surface area (Å²) in [6.45, 7) is -7.29. The van der Waals surface area contributed by atoms with Crippen LogP contribution in [-0.2, 0) is 4.74 Å². The molecule has 2 nitrogen and oxygen atoms in total. The third-order valence-electron chi connectivity index (χ3n) is 3.61. The van der Waals surface area contributed by atoms with E-state index in [1.54, 1.807) is 0 Å². The van der Waals surface area contributed by atoms with E-state index in [4.69, 9.17) is 5.11 Å². The van der Waals surface area contributed by atoms with Gasteiger partial charge in [0.25, 0.3) is 0 Å². The number of thiol groups is 1. The Kier molecular flexibility index (Phi) is 8.26. The van der Waals surface area contributed by atoms with Gasteiger partial charge >= 0.3 is 47.4 Å². The first kappa shape index (κ1) is 30.1. The fraction of sp³-hybridized carbons (Fsp3) is 1.00. The molecule has 1 N–H and O–H groups in total. The molecule has 0 amide bonds. The molecule has 0 aliphatic carbocycles. The highest BCUT2D eigenvalue weighted by Crippen LogP contribution is 2.63. The van der Waals surface area contributed by atoms with E-state index in [1.165, 1.54) is 0 Å². The predicted molar refractivity (Wildman–Crippen MR) is 71.3 cm³/mol. The number of hydrogen-bond acceptors (Lipinski definition) is 3. The molecule has 19 heteroatoms. The zero-order chi connectivity index (χ0) is 25.5. The molecule has 0 fully saturated rings. The third kappa shape index (κ3) is 4.24. The van der Waals surface area contributed by atoms with Gasteiger partial charge in [0, 0.05) is 5.75 Å².